The molecule has 2 heterocycles. The Kier molecular flexibility index (Phi) is 5.76. The van der Waals surface area contributed by atoms with Gasteiger partial charge in [-0.2, -0.15) is 4.98 Å². The number of hydrogen-bond acceptors (Lipinski definition) is 5. The highest BCUT2D eigenvalue weighted by atomic mass is 35.5. The summed E-state index contributed by atoms with van der Waals surface area (Å²) >= 11 is 6.11. The van der Waals surface area contributed by atoms with Crippen molar-refractivity contribution in [2.24, 2.45) is 0 Å². The lowest BCUT2D eigenvalue weighted by Crippen LogP contribution is -2.46. The van der Waals surface area contributed by atoms with Crippen LogP contribution in [0.4, 0.5) is 11.8 Å². The van der Waals surface area contributed by atoms with Crippen molar-refractivity contribution in [3.05, 3.63) is 47.1 Å². The molecule has 0 spiro atoms. The van der Waals surface area contributed by atoms with Gasteiger partial charge in [-0.25, -0.2) is 4.98 Å². The highest BCUT2D eigenvalue weighted by molar-refractivity contribution is 6.30. The van der Waals surface area contributed by atoms with Crippen LogP contribution in [0.1, 0.15) is 18.4 Å². The Hall–Kier alpha value is -1.85. The molecule has 1 atom stereocenters. The molecule has 0 aliphatic carbocycles. The Labute approximate surface area is 155 Å². The maximum Gasteiger partial charge on any atom is 0.227 e. The van der Waals surface area contributed by atoms with Gasteiger partial charge in [-0.15, -0.1) is 0 Å². The third-order valence-electron chi connectivity index (χ3n) is 4.73. The first-order valence-electron chi connectivity index (χ1n) is 8.73. The molecule has 6 heteroatoms. The third kappa shape index (κ3) is 4.61. The molecule has 1 fully saturated rings. The molecule has 1 aromatic heterocycles. The van der Waals surface area contributed by atoms with Crippen molar-refractivity contribution in [1.29, 1.82) is 0 Å². The minimum atomic E-state index is 0.422. The third-order valence-corrected chi connectivity index (χ3v) is 4.96. The number of anilines is 2. The molecule has 1 saturated heterocycles. The lowest BCUT2D eigenvalue weighted by atomic mass is 10.0. The van der Waals surface area contributed by atoms with Crippen LogP contribution in [0, 0.1) is 0 Å². The van der Waals surface area contributed by atoms with E-state index in [1.807, 2.05) is 43.4 Å². The van der Waals surface area contributed by atoms with Gasteiger partial charge in [0.05, 0.1) is 0 Å². The molecule has 3 rings (SSSR count). The number of likely N-dealkylation sites (tertiary alicyclic amines) is 1. The Morgan fingerprint density at radius 3 is 2.84 bits per heavy atom. The first-order chi connectivity index (χ1) is 12.0. The predicted octanol–water partition coefficient (Wildman–Crippen LogP) is 3.30. The van der Waals surface area contributed by atoms with Crippen molar-refractivity contribution in [1.82, 2.24) is 14.9 Å². The van der Waals surface area contributed by atoms with Gasteiger partial charge < -0.3 is 9.80 Å². The predicted molar refractivity (Wildman–Crippen MR) is 105 cm³/mol. The van der Waals surface area contributed by atoms with E-state index in [0.717, 1.165) is 42.8 Å². The molecule has 0 saturated carbocycles. The molecular formula is C19H26ClN5. The fraction of sp³-hybridized carbons (Fsp3) is 0.474. The van der Waals surface area contributed by atoms with Crippen molar-refractivity contribution >= 4 is 23.4 Å². The fourth-order valence-electron chi connectivity index (χ4n) is 3.31. The molecule has 1 aliphatic rings. The lowest BCUT2D eigenvalue weighted by Gasteiger charge is -2.37. The molecular weight excluding hydrogens is 334 g/mol. The molecule has 0 N–H and O–H groups in total. The molecule has 0 radical (unpaired) electrons. The molecule has 1 aromatic carbocycles. The van der Waals surface area contributed by atoms with E-state index in [0.29, 0.717) is 6.04 Å². The van der Waals surface area contributed by atoms with E-state index in [1.54, 1.807) is 0 Å². The first-order valence-corrected chi connectivity index (χ1v) is 9.11. The second-order valence-electron chi connectivity index (χ2n) is 6.88. The number of rotatable bonds is 5. The van der Waals surface area contributed by atoms with Crippen LogP contribution in [0.2, 0.25) is 5.02 Å². The number of hydrogen-bond donors (Lipinski definition) is 0. The summed E-state index contributed by atoms with van der Waals surface area (Å²) in [5.74, 6) is 1.73. The Balaban J connectivity index is 1.67. The summed E-state index contributed by atoms with van der Waals surface area (Å²) in [6, 6.07) is 10.5. The van der Waals surface area contributed by atoms with Crippen molar-refractivity contribution < 1.29 is 0 Å². The van der Waals surface area contributed by atoms with E-state index < -0.39 is 0 Å². The summed E-state index contributed by atoms with van der Waals surface area (Å²) < 4.78 is 0. The van der Waals surface area contributed by atoms with Crippen molar-refractivity contribution in [2.75, 3.05) is 44.0 Å². The fourth-order valence-corrected chi connectivity index (χ4v) is 3.52. The van der Waals surface area contributed by atoms with E-state index in [2.05, 4.69) is 38.9 Å². The summed E-state index contributed by atoms with van der Waals surface area (Å²) in [6.45, 7) is 3.07. The maximum atomic E-state index is 6.11. The second kappa shape index (κ2) is 8.02. The van der Waals surface area contributed by atoms with Crippen LogP contribution >= 0.6 is 11.6 Å². The van der Waals surface area contributed by atoms with E-state index in [1.165, 1.54) is 12.0 Å². The molecule has 5 nitrogen and oxygen atoms in total. The zero-order valence-corrected chi connectivity index (χ0v) is 15.9. The maximum absolute atomic E-state index is 6.11. The number of piperidine rings is 1. The number of likely N-dealkylation sites (N-methyl/N-ethyl adjacent to an activating group) is 1. The average Bonchev–Trinajstić information content (AvgIpc) is 2.61. The smallest absolute Gasteiger partial charge is 0.227 e. The van der Waals surface area contributed by atoms with Crippen molar-refractivity contribution in [3.8, 4) is 0 Å². The monoisotopic (exact) mass is 359 g/mol. The molecule has 1 aliphatic heterocycles. The standard InChI is InChI=1S/C19H26ClN5/c1-23(2)18-9-10-21-19(22-18)24(3)17-8-5-11-25(14-17)13-15-6-4-7-16(20)12-15/h4,6-7,9-10,12,17H,5,8,11,13-14H2,1-3H3. The highest BCUT2D eigenvalue weighted by Crippen LogP contribution is 2.22. The first kappa shape index (κ1) is 18.0. The molecule has 25 heavy (non-hydrogen) atoms. The summed E-state index contributed by atoms with van der Waals surface area (Å²) in [6.07, 6.45) is 4.18. The van der Waals surface area contributed by atoms with Crippen LogP contribution in [-0.2, 0) is 6.54 Å². The Bertz CT molecular complexity index is 706. The summed E-state index contributed by atoms with van der Waals surface area (Å²) in [4.78, 5) is 15.9. The zero-order chi connectivity index (χ0) is 17.8. The highest BCUT2D eigenvalue weighted by Gasteiger charge is 2.25. The molecule has 0 bridgehead atoms. The van der Waals surface area contributed by atoms with Crippen LogP contribution in [-0.4, -0.2) is 55.1 Å². The number of benzene rings is 1. The lowest BCUT2D eigenvalue weighted by molar-refractivity contribution is 0.198. The van der Waals surface area contributed by atoms with Gasteiger partial charge in [0, 0.05) is 51.5 Å². The topological polar surface area (TPSA) is 35.5 Å². The minimum Gasteiger partial charge on any atom is -0.363 e. The van der Waals surface area contributed by atoms with E-state index in [-0.39, 0.29) is 0 Å². The van der Waals surface area contributed by atoms with Gasteiger partial charge in [-0.3, -0.25) is 4.90 Å². The molecule has 1 unspecified atom stereocenters. The van der Waals surface area contributed by atoms with Crippen molar-refractivity contribution in [2.45, 2.75) is 25.4 Å². The van der Waals surface area contributed by atoms with Gasteiger partial charge in [0.15, 0.2) is 0 Å². The quantitative estimate of drug-likeness (QED) is 0.818. The van der Waals surface area contributed by atoms with Crippen LogP contribution in [0.3, 0.4) is 0 Å². The van der Waals surface area contributed by atoms with E-state index in [4.69, 9.17) is 11.6 Å². The Morgan fingerprint density at radius 2 is 2.08 bits per heavy atom. The number of nitrogens with zero attached hydrogens (tertiary/aromatic N) is 5. The largest absolute Gasteiger partial charge is 0.363 e. The van der Waals surface area contributed by atoms with Crippen LogP contribution in [0.5, 0.6) is 0 Å². The normalized spacial score (nSPS) is 18.2. The van der Waals surface area contributed by atoms with E-state index in [9.17, 15) is 0 Å². The van der Waals surface area contributed by atoms with Gasteiger partial charge in [-0.1, -0.05) is 23.7 Å². The number of halogens is 1. The van der Waals surface area contributed by atoms with Crippen LogP contribution in [0.25, 0.3) is 0 Å². The Morgan fingerprint density at radius 1 is 1.24 bits per heavy atom. The van der Waals surface area contributed by atoms with Crippen LogP contribution < -0.4 is 9.80 Å². The van der Waals surface area contributed by atoms with E-state index >= 15 is 0 Å². The second-order valence-corrected chi connectivity index (χ2v) is 7.32. The molecule has 134 valence electrons. The zero-order valence-electron chi connectivity index (χ0n) is 15.2. The van der Waals surface area contributed by atoms with Gasteiger partial charge in [-0.05, 0) is 43.1 Å². The van der Waals surface area contributed by atoms with Crippen molar-refractivity contribution in [3.63, 3.8) is 0 Å². The SMILES string of the molecule is CN(C)c1ccnc(N(C)C2CCCN(Cc3cccc(Cl)c3)C2)n1. The summed E-state index contributed by atoms with van der Waals surface area (Å²) in [5, 5.41) is 0.803. The summed E-state index contributed by atoms with van der Waals surface area (Å²) in [5.41, 5.74) is 1.27. The minimum absolute atomic E-state index is 0.422. The molecule has 0 amide bonds. The average molecular weight is 360 g/mol. The number of aromatic nitrogens is 2. The van der Waals surface area contributed by atoms with Gasteiger partial charge >= 0.3 is 0 Å². The van der Waals surface area contributed by atoms with Gasteiger partial charge in [0.2, 0.25) is 5.95 Å². The van der Waals surface area contributed by atoms with Crippen LogP contribution in [0.15, 0.2) is 36.5 Å². The van der Waals surface area contributed by atoms with Gasteiger partial charge in [0.1, 0.15) is 5.82 Å². The van der Waals surface area contributed by atoms with Gasteiger partial charge in [0.25, 0.3) is 0 Å². The molecule has 2 aromatic rings. The summed E-state index contributed by atoms with van der Waals surface area (Å²) in [7, 11) is 6.10.